The number of carbonyl (C=O) groups excluding carboxylic acids is 1. The van der Waals surface area contributed by atoms with Gasteiger partial charge in [-0.25, -0.2) is 22.2 Å². The molecule has 2 N–H and O–H groups in total. The Hall–Kier alpha value is -5.50. The Labute approximate surface area is 330 Å². The molecule has 12 nitrogen and oxygen atoms in total. The first-order valence-electron chi connectivity index (χ1n) is 17.6. The number of sulfonamides is 1. The molecule has 6 aromatic rings. The van der Waals surface area contributed by atoms with Crippen LogP contribution in [0.3, 0.4) is 0 Å². The van der Waals surface area contributed by atoms with Crippen molar-refractivity contribution >= 4 is 44.3 Å². The van der Waals surface area contributed by atoms with Crippen LogP contribution in [0.4, 0.5) is 36.6 Å². The number of benzene rings is 2. The maximum Gasteiger partial charge on any atom is 0.435 e. The molecule has 1 fully saturated rings. The summed E-state index contributed by atoms with van der Waals surface area (Å²) in [4.78, 5) is 18.9. The van der Waals surface area contributed by atoms with E-state index in [9.17, 15) is 35.2 Å². The number of amides is 1. The van der Waals surface area contributed by atoms with Crippen molar-refractivity contribution in [1.29, 1.82) is 0 Å². The zero-order valence-corrected chi connectivity index (χ0v) is 32.1. The monoisotopic (exact) mass is 849 g/mol. The highest BCUT2D eigenvalue weighted by Crippen LogP contribution is 2.64. The largest absolute Gasteiger partial charge is 0.435 e. The third-order valence-corrected chi connectivity index (χ3v) is 11.3. The fourth-order valence-corrected chi connectivity index (χ4v) is 8.78. The maximum absolute atomic E-state index is 15.7. The van der Waals surface area contributed by atoms with Gasteiger partial charge in [0.25, 0.3) is 5.92 Å². The molecule has 21 heteroatoms. The van der Waals surface area contributed by atoms with Crippen LogP contribution in [-0.4, -0.2) is 54.9 Å². The minimum absolute atomic E-state index is 0.00424. The molecule has 2 aliphatic carbocycles. The van der Waals surface area contributed by atoms with Crippen LogP contribution in [0.5, 0.6) is 0 Å². The number of alkyl halides is 5. The van der Waals surface area contributed by atoms with E-state index in [2.05, 4.69) is 25.3 Å². The summed E-state index contributed by atoms with van der Waals surface area (Å²) in [5.74, 6) is -9.14. The Morgan fingerprint density at radius 2 is 1.74 bits per heavy atom. The van der Waals surface area contributed by atoms with Gasteiger partial charge in [0, 0.05) is 54.5 Å². The maximum atomic E-state index is 15.7. The minimum atomic E-state index is -5.08. The smallest absolute Gasteiger partial charge is 0.346 e. The predicted molar refractivity (Wildman–Crippen MR) is 197 cm³/mol. The number of anilines is 1. The first kappa shape index (κ1) is 39.3. The average Bonchev–Trinajstić information content (AvgIpc) is 3.81. The second-order valence-corrected chi connectivity index (χ2v) is 16.6. The summed E-state index contributed by atoms with van der Waals surface area (Å²) in [6, 6.07) is 7.66. The average molecular weight is 850 g/mol. The molecule has 0 radical (unpaired) electrons. The molecular weight excluding hydrogens is 819 g/mol. The van der Waals surface area contributed by atoms with Gasteiger partial charge in [0.2, 0.25) is 15.9 Å². The topological polar surface area (TPSA) is 142 Å². The summed E-state index contributed by atoms with van der Waals surface area (Å²) in [6.45, 7) is -1.06. The van der Waals surface area contributed by atoms with Crippen molar-refractivity contribution in [2.45, 2.75) is 49.9 Å². The lowest BCUT2D eigenvalue weighted by atomic mass is 9.73. The van der Waals surface area contributed by atoms with Gasteiger partial charge in [-0.15, -0.1) is 0 Å². The number of halogens is 8. The second kappa shape index (κ2) is 13.8. The molecule has 8 rings (SSSR count). The zero-order chi connectivity index (χ0) is 41.6. The van der Waals surface area contributed by atoms with Crippen molar-refractivity contribution in [1.82, 2.24) is 39.6 Å². The Morgan fingerprint density at radius 3 is 2.36 bits per heavy atom. The van der Waals surface area contributed by atoms with Gasteiger partial charge in [-0.2, -0.15) is 37.2 Å². The third-order valence-electron chi connectivity index (χ3n) is 10.4. The summed E-state index contributed by atoms with van der Waals surface area (Å²) in [7, 11) is -0.641. The molecule has 0 aliphatic heterocycles. The van der Waals surface area contributed by atoms with Crippen LogP contribution < -0.4 is 10.0 Å². The molecule has 3 atom stereocenters. The quantitative estimate of drug-likeness (QED) is 0.138. The minimum Gasteiger partial charge on any atom is -0.346 e. The molecule has 2 aromatic carbocycles. The Balaban J connectivity index is 1.29. The number of nitrogens with zero attached hydrogens (tertiary/aromatic N) is 7. The standard InChI is InChI=1S/C37H31ClF7N9O3S/c1-52-15-18(14-46-52)26-9-6-21(22-5-8-25(38)30-32(22)53(2)50-35(30)51-58(3,56)57)31(48-26)27(12-17-10-19(39)13-20(40)11-17)47-28(55)16-54-34-29(33(49-54)37(43,44)45)23-4-7-24(23)36(34,41)42/h5-6,8-11,13-15,23-24,27H,4,7,12,16H2,1-3H3,(H,47,55)(H,50,51). The van der Waals surface area contributed by atoms with Crippen LogP contribution >= 0.6 is 11.6 Å². The predicted octanol–water partition coefficient (Wildman–Crippen LogP) is 7.25. The van der Waals surface area contributed by atoms with Gasteiger partial charge in [0.15, 0.2) is 11.5 Å². The Morgan fingerprint density at radius 1 is 1.03 bits per heavy atom. The number of hydrogen-bond acceptors (Lipinski definition) is 7. The van der Waals surface area contributed by atoms with Gasteiger partial charge in [-0.05, 0) is 55.0 Å². The van der Waals surface area contributed by atoms with Crippen molar-refractivity contribution in [3.63, 3.8) is 0 Å². The number of fused-ring (bicyclic) bond motifs is 4. The van der Waals surface area contributed by atoms with Crippen molar-refractivity contribution in [3.05, 3.63) is 99.7 Å². The summed E-state index contributed by atoms with van der Waals surface area (Å²) in [5.41, 5.74) is -1.18. The lowest BCUT2D eigenvalue weighted by Crippen LogP contribution is -2.36. The highest BCUT2D eigenvalue weighted by atomic mass is 35.5. The summed E-state index contributed by atoms with van der Waals surface area (Å²) in [6.07, 6.45) is -1.22. The Kier molecular flexibility index (Phi) is 9.37. The SMILES string of the molecule is Cn1cc(-c2ccc(-c3ccc(Cl)c4c(NS(C)(=O)=O)nn(C)c34)c(C(Cc3cc(F)cc(F)c3)NC(=O)Cn3nc(C(F)(F)F)c4c3C(F)(F)C3CCC43)n2)cn1. The van der Waals surface area contributed by atoms with Crippen LogP contribution in [-0.2, 0) is 54.0 Å². The van der Waals surface area contributed by atoms with Crippen molar-refractivity contribution < 1.29 is 43.9 Å². The van der Waals surface area contributed by atoms with Crippen molar-refractivity contribution in [2.24, 2.45) is 20.0 Å². The van der Waals surface area contributed by atoms with E-state index in [-0.39, 0.29) is 52.3 Å². The number of carbonyl (C=O) groups is 1. The number of pyridine rings is 1. The molecule has 4 aromatic heterocycles. The van der Waals surface area contributed by atoms with E-state index in [1.165, 1.54) is 28.7 Å². The van der Waals surface area contributed by atoms with E-state index < -0.39 is 81.0 Å². The van der Waals surface area contributed by atoms with E-state index >= 15 is 8.78 Å². The number of nitrogens with one attached hydrogen (secondary N) is 2. The number of aryl methyl sites for hydroxylation is 2. The molecule has 0 saturated heterocycles. The highest BCUT2D eigenvalue weighted by molar-refractivity contribution is 7.92. The number of rotatable bonds is 10. The molecule has 304 valence electrons. The molecule has 2 aliphatic rings. The van der Waals surface area contributed by atoms with E-state index in [1.54, 1.807) is 31.4 Å². The lowest BCUT2D eigenvalue weighted by Gasteiger charge is -2.34. The zero-order valence-electron chi connectivity index (χ0n) is 30.5. The lowest BCUT2D eigenvalue weighted by molar-refractivity contribution is -0.144. The van der Waals surface area contributed by atoms with E-state index in [0.717, 1.165) is 18.4 Å². The molecule has 1 amide bonds. The number of hydrogen-bond donors (Lipinski definition) is 2. The van der Waals surface area contributed by atoms with Gasteiger partial charge in [-0.3, -0.25) is 23.6 Å². The number of aromatic nitrogens is 7. The molecule has 58 heavy (non-hydrogen) atoms. The molecule has 3 unspecified atom stereocenters. The van der Waals surface area contributed by atoms with E-state index in [4.69, 9.17) is 16.6 Å². The fourth-order valence-electron chi connectivity index (χ4n) is 8.04. The Bertz CT molecular complexity index is 2750. The first-order valence-corrected chi connectivity index (χ1v) is 19.9. The van der Waals surface area contributed by atoms with Crippen LogP contribution in [0.15, 0.2) is 54.9 Å². The van der Waals surface area contributed by atoms with Crippen LogP contribution in [0.2, 0.25) is 5.02 Å². The summed E-state index contributed by atoms with van der Waals surface area (Å²) in [5, 5.41) is 15.0. The molecular formula is C37H31ClF7N9O3S. The normalized spacial score (nSPS) is 17.8. The van der Waals surface area contributed by atoms with Crippen molar-refractivity contribution in [2.75, 3.05) is 11.0 Å². The first-order chi connectivity index (χ1) is 27.2. The van der Waals surface area contributed by atoms with Crippen molar-refractivity contribution in [3.8, 4) is 22.4 Å². The van der Waals surface area contributed by atoms with Gasteiger partial charge in [0.05, 0.1) is 45.8 Å². The molecule has 1 saturated carbocycles. The van der Waals surface area contributed by atoms with Crippen LogP contribution in [0.1, 0.15) is 53.0 Å². The van der Waals surface area contributed by atoms with Crippen LogP contribution in [0.25, 0.3) is 33.3 Å². The van der Waals surface area contributed by atoms with Gasteiger partial charge >= 0.3 is 6.18 Å². The van der Waals surface area contributed by atoms with E-state index in [0.29, 0.717) is 33.1 Å². The molecule has 0 bridgehead atoms. The van der Waals surface area contributed by atoms with Gasteiger partial charge in [-0.1, -0.05) is 23.7 Å². The fraction of sp³-hybridized carbons (Fsp3) is 0.324. The summed E-state index contributed by atoms with van der Waals surface area (Å²) < 4.78 is 133. The van der Waals surface area contributed by atoms with E-state index in [1.807, 2.05) is 0 Å². The highest BCUT2D eigenvalue weighted by Gasteiger charge is 2.63. The molecule has 4 heterocycles. The van der Waals surface area contributed by atoms with Crippen LogP contribution in [0, 0.1) is 17.6 Å². The van der Waals surface area contributed by atoms with Gasteiger partial charge < -0.3 is 5.32 Å². The van der Waals surface area contributed by atoms with Gasteiger partial charge in [0.1, 0.15) is 23.9 Å². The molecule has 0 spiro atoms. The second-order valence-electron chi connectivity index (χ2n) is 14.5. The third kappa shape index (κ3) is 6.94. The summed E-state index contributed by atoms with van der Waals surface area (Å²) >= 11 is 6.60.